The number of ether oxygens (including phenoxy) is 8. The third-order valence-corrected chi connectivity index (χ3v) is 19.8. The van der Waals surface area contributed by atoms with E-state index in [-0.39, 0.29) is 67.3 Å². The van der Waals surface area contributed by atoms with Crippen LogP contribution in [0.4, 0.5) is 0 Å². The quantitative estimate of drug-likeness (QED) is 0.0287. The first-order valence-electron chi connectivity index (χ1n) is 30.3. The van der Waals surface area contributed by atoms with Crippen molar-refractivity contribution in [2.24, 2.45) is 43.6 Å². The second-order valence-electron chi connectivity index (χ2n) is 27.1. The molecule has 6 aliphatic rings. The van der Waals surface area contributed by atoms with Gasteiger partial charge in [-0.3, -0.25) is 0 Å². The van der Waals surface area contributed by atoms with Crippen LogP contribution in [0.5, 0.6) is 69.0 Å². The van der Waals surface area contributed by atoms with Crippen LogP contribution in [-0.4, -0.2) is 75.4 Å². The fourth-order valence-corrected chi connectivity index (χ4v) is 16.0. The first kappa shape index (κ1) is 62.4. The molecule has 476 valence electrons. The van der Waals surface area contributed by atoms with E-state index in [4.69, 9.17) is 70.5 Å². The minimum Gasteiger partial charge on any atom is -0.493 e. The van der Waals surface area contributed by atoms with Gasteiger partial charge in [-0.2, -0.15) is 0 Å². The molecule has 2 heterocycles. The number of nitrogens with zero attached hydrogens (tertiary/aromatic N) is 4. The Balaban J connectivity index is 0.000000186. The molecule has 2 spiro atoms. The SMILES string of the molecule is CCO/N=C(\N)c1c(C)c(C)c(/C(N)=N/OCC)c2c1Oc1cc3c(cc1O2)C1(CC(C)(C)c2cc(OC)c(OC)cc21)CC3(C)C.COc1cc2c(cc1OC)C1(CC2(C)C)CC(C)(C)c2cc3c(cc21)Oc1c(c(/C(N)=N/O)c(C)c(C)c1/C(N)=N/O)O3. The standard InChI is InChI=1S/C37H46N4O6.C33H38N4O6/c1-11-44-40-33(38)29-19(3)20(4)30(34(39)41-45-12-2)32-31(29)46-27-14-22-24(16-28(27)47-32)37(18-36(22,7)8)17-35(5,6)21-13-25(42-9)26(43-10)15-23(21)37;1-15-16(2)26(30(35)37-39)28-27(25(15)29(34)36-38)42-23-10-18-20(12-24(23)43-28)33(14-32(18,5)6)13-31(3,4)17-9-21(40-7)22(41-8)11-19(17)33/h13-16H,11-12,17-18H2,1-10H3,(H2,38,40)(H2,39,41);9-12,38-39H,13-14H2,1-8H3,(H2,34,36)(H2,35,37). The predicted octanol–water partition coefficient (Wildman–Crippen LogP) is 13.2. The zero-order chi connectivity index (χ0) is 65.3. The number of methoxy groups -OCH3 is 4. The van der Waals surface area contributed by atoms with E-state index in [2.05, 4.69) is 118 Å². The van der Waals surface area contributed by atoms with Gasteiger partial charge in [0.1, 0.15) is 13.2 Å². The fourth-order valence-electron chi connectivity index (χ4n) is 16.0. The van der Waals surface area contributed by atoms with Gasteiger partial charge in [0.05, 0.1) is 50.7 Å². The molecular weight excluding hydrogens is 1140 g/mol. The number of amidine groups is 4. The number of rotatable bonds is 12. The van der Waals surface area contributed by atoms with E-state index in [9.17, 15) is 10.4 Å². The molecule has 20 nitrogen and oxygen atoms in total. The number of nitrogens with two attached hydrogens (primary N) is 4. The van der Waals surface area contributed by atoms with E-state index in [1.54, 1.807) is 42.3 Å². The highest BCUT2D eigenvalue weighted by Gasteiger charge is 2.59. The lowest BCUT2D eigenvalue weighted by Crippen LogP contribution is -2.27. The van der Waals surface area contributed by atoms with Crippen LogP contribution in [0.25, 0.3) is 0 Å². The molecule has 20 heteroatoms. The molecule has 0 fully saturated rings. The number of fused-ring (bicyclic) bond motifs is 12. The highest BCUT2D eigenvalue weighted by Crippen LogP contribution is 2.68. The van der Waals surface area contributed by atoms with Crippen molar-refractivity contribution in [1.82, 2.24) is 0 Å². The number of hydrogen-bond donors (Lipinski definition) is 6. The fraction of sp³-hybridized carbons (Fsp3) is 0.429. The number of benzene rings is 6. The lowest BCUT2D eigenvalue weighted by molar-refractivity contribution is 0.158. The Kier molecular flexibility index (Phi) is 15.1. The number of hydrogen-bond acceptors (Lipinski definition) is 16. The van der Waals surface area contributed by atoms with Crippen molar-refractivity contribution >= 4 is 23.3 Å². The monoisotopic (exact) mass is 1230 g/mol. The summed E-state index contributed by atoms with van der Waals surface area (Å²) in [7, 11) is 6.69. The van der Waals surface area contributed by atoms with E-state index in [0.29, 0.717) is 92.6 Å². The van der Waals surface area contributed by atoms with Gasteiger partial charge < -0.3 is 80.9 Å². The van der Waals surface area contributed by atoms with Crippen LogP contribution in [0.1, 0.15) is 184 Å². The summed E-state index contributed by atoms with van der Waals surface area (Å²) < 4.78 is 49.7. The summed E-state index contributed by atoms with van der Waals surface area (Å²) in [6.07, 6.45) is 3.60. The van der Waals surface area contributed by atoms with E-state index in [1.807, 2.05) is 33.8 Å². The molecule has 0 saturated heterocycles. The lowest BCUT2D eigenvalue weighted by Gasteiger charge is -2.31. The van der Waals surface area contributed by atoms with Gasteiger partial charge in [0.2, 0.25) is 0 Å². The zero-order valence-electron chi connectivity index (χ0n) is 54.9. The van der Waals surface area contributed by atoms with Gasteiger partial charge in [0.25, 0.3) is 0 Å². The largest absolute Gasteiger partial charge is 0.493 e. The van der Waals surface area contributed by atoms with Crippen LogP contribution < -0.4 is 60.8 Å². The van der Waals surface area contributed by atoms with Gasteiger partial charge in [-0.05, 0) is 204 Å². The van der Waals surface area contributed by atoms with E-state index >= 15 is 0 Å². The molecule has 10 N–H and O–H groups in total. The van der Waals surface area contributed by atoms with Crippen molar-refractivity contribution in [2.45, 2.75) is 155 Å². The Labute approximate surface area is 526 Å². The van der Waals surface area contributed by atoms with Crippen LogP contribution >= 0.6 is 0 Å². The van der Waals surface area contributed by atoms with Crippen molar-refractivity contribution in [3.8, 4) is 69.0 Å². The average molecular weight is 1230 g/mol. The lowest BCUT2D eigenvalue weighted by atomic mass is 9.72. The summed E-state index contributed by atoms with van der Waals surface area (Å²) in [6, 6.07) is 17.0. The van der Waals surface area contributed by atoms with Crippen LogP contribution in [0, 0.1) is 27.7 Å². The molecule has 6 aromatic rings. The molecule has 12 rings (SSSR count). The van der Waals surface area contributed by atoms with Crippen LogP contribution in [0.3, 0.4) is 0 Å². The molecule has 6 aromatic carbocycles. The molecule has 0 radical (unpaired) electrons. The summed E-state index contributed by atoms with van der Waals surface area (Å²) >= 11 is 0. The van der Waals surface area contributed by atoms with Crippen molar-refractivity contribution < 1.29 is 58.0 Å². The third-order valence-electron chi connectivity index (χ3n) is 19.8. The molecule has 2 atom stereocenters. The minimum atomic E-state index is -0.313. The summed E-state index contributed by atoms with van der Waals surface area (Å²) in [5.41, 5.74) is 38.7. The maximum absolute atomic E-state index is 9.63. The average Bonchev–Trinajstić information content (AvgIpc) is 1.51. The van der Waals surface area contributed by atoms with E-state index < -0.39 is 0 Å². The Morgan fingerprint density at radius 2 is 0.611 bits per heavy atom. The van der Waals surface area contributed by atoms with Crippen molar-refractivity contribution in [1.29, 1.82) is 0 Å². The molecule has 0 bridgehead atoms. The number of oxime groups is 4. The summed E-state index contributed by atoms with van der Waals surface area (Å²) in [5, 5.41) is 34.0. The minimum absolute atomic E-state index is 0.106. The first-order valence-corrected chi connectivity index (χ1v) is 30.3. The maximum Gasteiger partial charge on any atom is 0.182 e. The Morgan fingerprint density at radius 3 is 0.856 bits per heavy atom. The summed E-state index contributed by atoms with van der Waals surface area (Å²) in [5.74, 6) is 6.39. The van der Waals surface area contributed by atoms with Crippen LogP contribution in [0.15, 0.2) is 69.2 Å². The molecule has 0 amide bonds. The summed E-state index contributed by atoms with van der Waals surface area (Å²) in [6.45, 7) is 30.2. The van der Waals surface area contributed by atoms with Gasteiger partial charge in [0, 0.05) is 10.8 Å². The van der Waals surface area contributed by atoms with Crippen LogP contribution in [-0.2, 0) is 42.2 Å². The van der Waals surface area contributed by atoms with Crippen molar-refractivity contribution in [3.05, 3.63) is 138 Å². The Morgan fingerprint density at radius 1 is 0.389 bits per heavy atom. The van der Waals surface area contributed by atoms with Gasteiger partial charge in [-0.25, -0.2) is 0 Å². The Bertz CT molecular complexity index is 4140. The first-order chi connectivity index (χ1) is 42.5. The third kappa shape index (κ3) is 9.27. The highest BCUT2D eigenvalue weighted by molar-refractivity contribution is 6.09. The zero-order valence-corrected chi connectivity index (χ0v) is 54.9. The molecule has 2 unspecified atom stereocenters. The van der Waals surface area contributed by atoms with E-state index in [1.165, 1.54) is 33.4 Å². The van der Waals surface area contributed by atoms with Crippen LogP contribution in [0.2, 0.25) is 0 Å². The highest BCUT2D eigenvalue weighted by atomic mass is 16.6. The molecule has 4 aliphatic carbocycles. The molecule has 0 aromatic heterocycles. The molecule has 2 aliphatic heterocycles. The normalized spacial score (nSPS) is 20.5. The summed E-state index contributed by atoms with van der Waals surface area (Å²) in [4.78, 5) is 10.7. The second kappa shape index (κ2) is 21.8. The molecule has 90 heavy (non-hydrogen) atoms. The Hall–Kier alpha value is -9.20. The van der Waals surface area contributed by atoms with E-state index in [0.717, 1.165) is 59.4 Å². The topological polar surface area (TPSA) is 286 Å². The van der Waals surface area contributed by atoms with Crippen molar-refractivity contribution in [3.63, 3.8) is 0 Å². The maximum atomic E-state index is 9.63. The smallest absolute Gasteiger partial charge is 0.182 e. The van der Waals surface area contributed by atoms with Gasteiger partial charge in [0.15, 0.2) is 92.3 Å². The van der Waals surface area contributed by atoms with Crippen molar-refractivity contribution in [2.75, 3.05) is 41.7 Å². The predicted molar refractivity (Wildman–Crippen MR) is 346 cm³/mol. The molecule has 0 saturated carbocycles. The van der Waals surface area contributed by atoms with Gasteiger partial charge in [-0.1, -0.05) is 76.0 Å². The van der Waals surface area contributed by atoms with Gasteiger partial charge in [-0.15, -0.1) is 0 Å². The van der Waals surface area contributed by atoms with Gasteiger partial charge >= 0.3 is 0 Å². The molecular formula is C70H84N8O12. The second-order valence-corrected chi connectivity index (χ2v) is 27.1.